The van der Waals surface area contributed by atoms with Gasteiger partial charge in [-0.25, -0.2) is 22.4 Å². The van der Waals surface area contributed by atoms with Gasteiger partial charge in [0.25, 0.3) is 11.8 Å². The van der Waals surface area contributed by atoms with Crippen molar-refractivity contribution in [3.63, 3.8) is 0 Å². The van der Waals surface area contributed by atoms with Crippen LogP contribution >= 0.6 is 0 Å². The van der Waals surface area contributed by atoms with Gasteiger partial charge in [0, 0.05) is 25.0 Å². The second kappa shape index (κ2) is 8.41. The number of piperidine rings is 2. The van der Waals surface area contributed by atoms with Crippen LogP contribution in [0.25, 0.3) is 0 Å². The number of rotatable bonds is 6. The van der Waals surface area contributed by atoms with Gasteiger partial charge in [0.15, 0.2) is 0 Å². The number of halogens is 4. The first-order valence-corrected chi connectivity index (χ1v) is 9.44. The largest absolute Gasteiger partial charge is 0.480 e. The highest BCUT2D eigenvalue weighted by Crippen LogP contribution is 2.38. The van der Waals surface area contributed by atoms with Crippen molar-refractivity contribution in [2.24, 2.45) is 5.92 Å². The molecule has 10 heteroatoms. The molecule has 0 aliphatic carbocycles. The number of aliphatic carboxylic acids is 1. The number of aliphatic hydroxyl groups is 1. The van der Waals surface area contributed by atoms with Gasteiger partial charge in [0.05, 0.1) is 31.2 Å². The summed E-state index contributed by atoms with van der Waals surface area (Å²) in [5.41, 5.74) is -0.515. The Hall–Kier alpha value is -0.970. The van der Waals surface area contributed by atoms with E-state index in [-0.39, 0.29) is 26.1 Å². The summed E-state index contributed by atoms with van der Waals surface area (Å²) in [6.07, 6.45) is -2.96. The van der Waals surface area contributed by atoms with Crippen LogP contribution in [0.4, 0.5) is 17.6 Å². The zero-order valence-corrected chi connectivity index (χ0v) is 16.5. The number of aliphatic hydroxyl groups excluding tert-OH is 1. The Morgan fingerprint density at radius 1 is 1.18 bits per heavy atom. The maximum absolute atomic E-state index is 14.6. The Bertz CT molecular complexity index is 556. The Morgan fingerprint density at radius 2 is 1.82 bits per heavy atom. The summed E-state index contributed by atoms with van der Waals surface area (Å²) in [7, 11) is 0. The van der Waals surface area contributed by atoms with Gasteiger partial charge in [-0.05, 0) is 33.7 Å². The van der Waals surface area contributed by atoms with Crippen molar-refractivity contribution < 1.29 is 37.3 Å². The van der Waals surface area contributed by atoms with Crippen LogP contribution in [-0.2, 0) is 9.53 Å². The Kier molecular flexibility index (Phi) is 7.00. The third kappa shape index (κ3) is 6.27. The second-order valence-electron chi connectivity index (χ2n) is 8.90. The van der Waals surface area contributed by atoms with Crippen molar-refractivity contribution in [1.82, 2.24) is 9.80 Å². The predicted molar refractivity (Wildman–Crippen MR) is 93.8 cm³/mol. The van der Waals surface area contributed by atoms with Crippen LogP contribution in [0.5, 0.6) is 0 Å². The number of carboxylic acids is 1. The number of alkyl halides is 4. The number of carboxylic acid groups (broad SMARTS) is 1. The molecule has 0 aromatic rings. The maximum Gasteiger partial charge on any atom is 0.329 e. The minimum absolute atomic E-state index is 0.0463. The standard InChI is InChI=1S/C18H30F4N2O4/c1-16(2,3)24-8-14(25)13(18(21,22)11-24)4-5-23-7-12(28-9-15(26)27)6-17(19,20)10-23/h12-14,25H,4-11H2,1-3H3,(H,26,27). The van der Waals surface area contributed by atoms with Crippen LogP contribution in [0, 0.1) is 5.92 Å². The fourth-order valence-corrected chi connectivity index (χ4v) is 3.92. The molecule has 2 N–H and O–H groups in total. The van der Waals surface area contributed by atoms with Gasteiger partial charge in [-0.15, -0.1) is 0 Å². The lowest BCUT2D eigenvalue weighted by atomic mass is 9.85. The Balaban J connectivity index is 1.97. The lowest BCUT2D eigenvalue weighted by Crippen LogP contribution is -2.61. The van der Waals surface area contributed by atoms with E-state index in [1.165, 1.54) is 9.80 Å². The van der Waals surface area contributed by atoms with Crippen molar-refractivity contribution in [1.29, 1.82) is 0 Å². The molecule has 0 spiro atoms. The first-order valence-electron chi connectivity index (χ1n) is 9.44. The number of β-amino-alcohol motifs (C(OH)–C–C–N with tert-alkyl or cyclic N) is 1. The van der Waals surface area contributed by atoms with Gasteiger partial charge in [-0.1, -0.05) is 0 Å². The minimum Gasteiger partial charge on any atom is -0.480 e. The van der Waals surface area contributed by atoms with Gasteiger partial charge in [0.2, 0.25) is 0 Å². The van der Waals surface area contributed by atoms with E-state index in [1.54, 1.807) is 20.8 Å². The molecule has 0 aromatic heterocycles. The predicted octanol–water partition coefficient (Wildman–Crippen LogP) is 1.91. The first kappa shape index (κ1) is 23.3. The van der Waals surface area contributed by atoms with Crippen LogP contribution < -0.4 is 0 Å². The fourth-order valence-electron chi connectivity index (χ4n) is 3.92. The number of hydrogen-bond acceptors (Lipinski definition) is 5. The molecular formula is C18H30F4N2O4. The molecular weight excluding hydrogens is 384 g/mol. The first-order chi connectivity index (χ1) is 12.7. The minimum atomic E-state index is -3.14. The lowest BCUT2D eigenvalue weighted by molar-refractivity contribution is -0.179. The van der Waals surface area contributed by atoms with Crippen molar-refractivity contribution in [2.75, 3.05) is 39.3 Å². The molecule has 2 fully saturated rings. The number of carbonyl (C=O) groups is 1. The van der Waals surface area contributed by atoms with E-state index < -0.39 is 67.6 Å². The zero-order valence-electron chi connectivity index (χ0n) is 16.5. The topological polar surface area (TPSA) is 73.2 Å². The molecule has 0 aromatic carbocycles. The molecule has 28 heavy (non-hydrogen) atoms. The number of ether oxygens (including phenoxy) is 1. The number of likely N-dealkylation sites (tertiary alicyclic amines) is 2. The molecule has 0 saturated carbocycles. The second-order valence-corrected chi connectivity index (χ2v) is 8.90. The summed E-state index contributed by atoms with van der Waals surface area (Å²) >= 11 is 0. The van der Waals surface area contributed by atoms with E-state index in [2.05, 4.69) is 0 Å². The lowest BCUT2D eigenvalue weighted by Gasteiger charge is -2.47. The van der Waals surface area contributed by atoms with Crippen LogP contribution in [0.3, 0.4) is 0 Å². The SMILES string of the molecule is CC(C)(C)N1CC(O)C(CCN2CC(OCC(=O)O)CC(F)(F)C2)C(F)(F)C1. The highest BCUT2D eigenvalue weighted by molar-refractivity contribution is 5.68. The van der Waals surface area contributed by atoms with Gasteiger partial charge in [0.1, 0.15) is 6.61 Å². The summed E-state index contributed by atoms with van der Waals surface area (Å²) in [6, 6.07) is 0. The summed E-state index contributed by atoms with van der Waals surface area (Å²) in [5, 5.41) is 18.9. The highest BCUT2D eigenvalue weighted by atomic mass is 19.3. The third-order valence-electron chi connectivity index (χ3n) is 5.41. The number of nitrogens with zero attached hydrogens (tertiary/aromatic N) is 2. The Labute approximate surface area is 162 Å². The summed E-state index contributed by atoms with van der Waals surface area (Å²) in [4.78, 5) is 13.4. The molecule has 2 aliphatic rings. The van der Waals surface area contributed by atoms with E-state index in [4.69, 9.17) is 9.84 Å². The van der Waals surface area contributed by atoms with Crippen LogP contribution in [0.2, 0.25) is 0 Å². The molecule has 3 atom stereocenters. The molecule has 2 rings (SSSR count). The molecule has 0 radical (unpaired) electrons. The average molecular weight is 414 g/mol. The molecule has 6 nitrogen and oxygen atoms in total. The number of hydrogen-bond donors (Lipinski definition) is 2. The molecule has 0 bridgehead atoms. The van der Waals surface area contributed by atoms with Gasteiger partial charge in [-0.2, -0.15) is 0 Å². The quantitative estimate of drug-likeness (QED) is 0.647. The van der Waals surface area contributed by atoms with Crippen molar-refractivity contribution in [3.05, 3.63) is 0 Å². The molecule has 3 unspecified atom stereocenters. The average Bonchev–Trinajstić information content (AvgIpc) is 2.49. The van der Waals surface area contributed by atoms with Gasteiger partial charge >= 0.3 is 5.97 Å². The third-order valence-corrected chi connectivity index (χ3v) is 5.41. The zero-order chi connectivity index (χ0) is 21.3. The van der Waals surface area contributed by atoms with Crippen LogP contribution in [-0.4, -0.2) is 94.9 Å². The fraction of sp³-hybridized carbons (Fsp3) is 0.944. The summed E-state index contributed by atoms with van der Waals surface area (Å²) < 4.78 is 62.1. The van der Waals surface area contributed by atoms with Crippen LogP contribution in [0.1, 0.15) is 33.6 Å². The van der Waals surface area contributed by atoms with Crippen molar-refractivity contribution in [3.8, 4) is 0 Å². The molecule has 0 amide bonds. The van der Waals surface area contributed by atoms with Crippen molar-refractivity contribution >= 4 is 5.97 Å². The normalized spacial score (nSPS) is 31.6. The van der Waals surface area contributed by atoms with E-state index in [0.29, 0.717) is 0 Å². The molecule has 2 saturated heterocycles. The van der Waals surface area contributed by atoms with E-state index in [0.717, 1.165) is 0 Å². The smallest absolute Gasteiger partial charge is 0.329 e. The molecule has 2 heterocycles. The maximum atomic E-state index is 14.6. The van der Waals surface area contributed by atoms with E-state index in [1.807, 2.05) is 0 Å². The monoisotopic (exact) mass is 414 g/mol. The van der Waals surface area contributed by atoms with Gasteiger partial charge < -0.3 is 14.9 Å². The summed E-state index contributed by atoms with van der Waals surface area (Å²) in [5.74, 6) is -8.80. The highest BCUT2D eigenvalue weighted by Gasteiger charge is 2.51. The van der Waals surface area contributed by atoms with E-state index in [9.17, 15) is 27.5 Å². The summed E-state index contributed by atoms with van der Waals surface area (Å²) in [6.45, 7) is 3.72. The molecule has 2 aliphatic heterocycles. The van der Waals surface area contributed by atoms with E-state index >= 15 is 0 Å². The Morgan fingerprint density at radius 3 is 2.36 bits per heavy atom. The van der Waals surface area contributed by atoms with Gasteiger partial charge in [-0.3, -0.25) is 9.80 Å². The van der Waals surface area contributed by atoms with Crippen molar-refractivity contribution in [2.45, 2.75) is 63.2 Å². The van der Waals surface area contributed by atoms with Crippen LogP contribution in [0.15, 0.2) is 0 Å². The molecule has 164 valence electrons.